The fourth-order valence-corrected chi connectivity index (χ4v) is 1.98. The third kappa shape index (κ3) is 2.88. The third-order valence-corrected chi connectivity index (χ3v) is 3.14. The maximum Gasteiger partial charge on any atom is 0.161 e. The number of benzene rings is 1. The van der Waals surface area contributed by atoms with Gasteiger partial charge < -0.3 is 10.2 Å². The molecular weight excluding hydrogens is 252 g/mol. The topological polar surface area (TPSA) is 73.1 Å². The number of nitrogens with zero attached hydrogens (tertiary/aromatic N) is 2. The van der Waals surface area contributed by atoms with Crippen LogP contribution < -0.4 is 16.0 Å². The van der Waals surface area contributed by atoms with E-state index in [-0.39, 0.29) is 0 Å². The minimum absolute atomic E-state index is 0.309. The third-order valence-electron chi connectivity index (χ3n) is 3.14. The molecule has 20 heavy (non-hydrogen) atoms. The molecule has 106 valence electrons. The Bertz CT molecular complexity index is 611. The van der Waals surface area contributed by atoms with Crippen LogP contribution in [0.25, 0.3) is 11.4 Å². The lowest BCUT2D eigenvalue weighted by molar-refractivity contribution is 0.412. The number of nitrogens with two attached hydrogens (primary N) is 1. The van der Waals surface area contributed by atoms with E-state index in [1.54, 1.807) is 7.11 Å². The van der Waals surface area contributed by atoms with Crippen molar-refractivity contribution in [2.75, 3.05) is 12.5 Å². The molecule has 0 fully saturated rings. The molecule has 1 aromatic heterocycles. The summed E-state index contributed by atoms with van der Waals surface area (Å²) in [7, 11) is 1.66. The second-order valence-electron chi connectivity index (χ2n) is 4.99. The number of nitrogen functional groups attached to an aromatic ring is 1. The highest BCUT2D eigenvalue weighted by molar-refractivity contribution is 5.60. The van der Waals surface area contributed by atoms with Crippen LogP contribution in [0.1, 0.15) is 31.0 Å². The van der Waals surface area contributed by atoms with Crippen LogP contribution in [0.2, 0.25) is 0 Å². The van der Waals surface area contributed by atoms with E-state index in [1.165, 1.54) is 0 Å². The number of aromatic nitrogens is 2. The summed E-state index contributed by atoms with van der Waals surface area (Å²) in [5.41, 5.74) is 5.54. The first-order valence-electron chi connectivity index (χ1n) is 6.55. The molecule has 0 amide bonds. The summed E-state index contributed by atoms with van der Waals surface area (Å²) in [6.07, 6.45) is 0. The summed E-state index contributed by atoms with van der Waals surface area (Å²) in [5, 5.41) is 0. The number of nitrogens with one attached hydrogen (secondary N) is 1. The quantitative estimate of drug-likeness (QED) is 0.661. The number of anilines is 1. The van der Waals surface area contributed by atoms with Crippen molar-refractivity contribution in [3.8, 4) is 17.1 Å². The van der Waals surface area contributed by atoms with E-state index in [4.69, 9.17) is 10.6 Å². The van der Waals surface area contributed by atoms with Crippen molar-refractivity contribution in [1.82, 2.24) is 9.97 Å². The van der Waals surface area contributed by atoms with Crippen molar-refractivity contribution < 1.29 is 4.74 Å². The van der Waals surface area contributed by atoms with Crippen LogP contribution in [0.15, 0.2) is 24.3 Å². The summed E-state index contributed by atoms with van der Waals surface area (Å²) in [5.74, 6) is 7.92. The van der Waals surface area contributed by atoms with Gasteiger partial charge in [0.15, 0.2) is 5.82 Å². The molecule has 0 saturated carbocycles. The zero-order valence-electron chi connectivity index (χ0n) is 12.3. The summed E-state index contributed by atoms with van der Waals surface area (Å²) in [4.78, 5) is 9.01. The average Bonchev–Trinajstić information content (AvgIpc) is 2.46. The second kappa shape index (κ2) is 5.88. The first kappa shape index (κ1) is 14.3. The van der Waals surface area contributed by atoms with E-state index in [1.807, 2.05) is 31.2 Å². The monoisotopic (exact) mass is 272 g/mol. The second-order valence-corrected chi connectivity index (χ2v) is 4.99. The van der Waals surface area contributed by atoms with Gasteiger partial charge in [-0.05, 0) is 36.6 Å². The molecule has 2 aromatic rings. The number of aryl methyl sites for hydroxylation is 1. The van der Waals surface area contributed by atoms with Gasteiger partial charge in [0.1, 0.15) is 11.6 Å². The standard InChI is InChI=1S/C15H20N4O/c1-9(2)12-8-14(19-16)18-15(17-12)11-5-6-13(20-4)10(3)7-11/h5-9H,16H2,1-4H3,(H,17,18,19). The van der Waals surface area contributed by atoms with Gasteiger partial charge in [-0.25, -0.2) is 15.8 Å². The molecule has 5 heteroatoms. The molecule has 0 aliphatic rings. The Hall–Kier alpha value is -2.14. The zero-order chi connectivity index (χ0) is 14.7. The van der Waals surface area contributed by atoms with Crippen LogP contribution in [0.4, 0.5) is 5.82 Å². The summed E-state index contributed by atoms with van der Waals surface area (Å²) in [6, 6.07) is 7.75. The zero-order valence-corrected chi connectivity index (χ0v) is 12.3. The smallest absolute Gasteiger partial charge is 0.161 e. The van der Waals surface area contributed by atoms with Gasteiger partial charge in [-0.15, -0.1) is 0 Å². The fourth-order valence-electron chi connectivity index (χ4n) is 1.98. The molecule has 3 N–H and O–H groups in total. The van der Waals surface area contributed by atoms with Crippen molar-refractivity contribution in [3.05, 3.63) is 35.5 Å². The first-order chi connectivity index (χ1) is 9.55. The molecule has 0 radical (unpaired) electrons. The van der Waals surface area contributed by atoms with Gasteiger partial charge in [0, 0.05) is 17.3 Å². The van der Waals surface area contributed by atoms with Crippen LogP contribution >= 0.6 is 0 Å². The molecule has 5 nitrogen and oxygen atoms in total. The lowest BCUT2D eigenvalue weighted by Gasteiger charge is -2.11. The molecule has 2 rings (SSSR count). The van der Waals surface area contributed by atoms with Gasteiger partial charge in [0.05, 0.1) is 7.11 Å². The average molecular weight is 272 g/mol. The molecule has 1 aromatic carbocycles. The first-order valence-corrected chi connectivity index (χ1v) is 6.55. The predicted molar refractivity (Wildman–Crippen MR) is 80.7 cm³/mol. The molecule has 1 heterocycles. The van der Waals surface area contributed by atoms with E-state index < -0.39 is 0 Å². The van der Waals surface area contributed by atoms with Crippen molar-refractivity contribution in [3.63, 3.8) is 0 Å². The number of hydrogen-bond donors (Lipinski definition) is 2. The van der Waals surface area contributed by atoms with E-state index in [0.29, 0.717) is 17.6 Å². The Kier molecular flexibility index (Phi) is 4.20. The number of ether oxygens (including phenoxy) is 1. The van der Waals surface area contributed by atoms with Crippen LogP contribution in [-0.2, 0) is 0 Å². The summed E-state index contributed by atoms with van der Waals surface area (Å²) >= 11 is 0. The fraction of sp³-hybridized carbons (Fsp3) is 0.333. The molecule has 0 aliphatic heterocycles. The van der Waals surface area contributed by atoms with Crippen molar-refractivity contribution >= 4 is 5.82 Å². The van der Waals surface area contributed by atoms with Gasteiger partial charge in [0.25, 0.3) is 0 Å². The molecule has 0 unspecified atom stereocenters. The highest BCUT2D eigenvalue weighted by atomic mass is 16.5. The van der Waals surface area contributed by atoms with Crippen LogP contribution in [0.5, 0.6) is 5.75 Å². The van der Waals surface area contributed by atoms with Crippen molar-refractivity contribution in [2.24, 2.45) is 5.84 Å². The summed E-state index contributed by atoms with van der Waals surface area (Å²) in [6.45, 7) is 6.17. The van der Waals surface area contributed by atoms with E-state index >= 15 is 0 Å². The lowest BCUT2D eigenvalue weighted by Crippen LogP contribution is -2.11. The number of hydrogen-bond acceptors (Lipinski definition) is 5. The highest BCUT2D eigenvalue weighted by Crippen LogP contribution is 2.26. The Balaban J connectivity index is 2.51. The molecular formula is C15H20N4O. The van der Waals surface area contributed by atoms with Crippen LogP contribution in [0.3, 0.4) is 0 Å². The minimum atomic E-state index is 0.309. The summed E-state index contributed by atoms with van der Waals surface area (Å²) < 4.78 is 5.27. The minimum Gasteiger partial charge on any atom is -0.496 e. The molecule has 0 spiro atoms. The predicted octanol–water partition coefficient (Wildman–Crippen LogP) is 2.87. The van der Waals surface area contributed by atoms with Crippen LogP contribution in [-0.4, -0.2) is 17.1 Å². The highest BCUT2D eigenvalue weighted by Gasteiger charge is 2.10. The Morgan fingerprint density at radius 1 is 1.20 bits per heavy atom. The van der Waals surface area contributed by atoms with Crippen LogP contribution in [0, 0.1) is 6.92 Å². The molecule has 0 aliphatic carbocycles. The number of rotatable bonds is 4. The maximum atomic E-state index is 5.48. The Labute approximate surface area is 119 Å². The van der Waals surface area contributed by atoms with Gasteiger partial charge in [-0.1, -0.05) is 13.8 Å². The van der Waals surface area contributed by atoms with Gasteiger partial charge in [-0.3, -0.25) is 0 Å². The van der Waals surface area contributed by atoms with Gasteiger partial charge >= 0.3 is 0 Å². The number of methoxy groups -OCH3 is 1. The van der Waals surface area contributed by atoms with Gasteiger partial charge in [-0.2, -0.15) is 0 Å². The normalized spacial score (nSPS) is 10.7. The Morgan fingerprint density at radius 3 is 2.50 bits per heavy atom. The van der Waals surface area contributed by atoms with Gasteiger partial charge in [0.2, 0.25) is 0 Å². The number of hydrazine groups is 1. The molecule has 0 bridgehead atoms. The maximum absolute atomic E-state index is 5.48. The largest absolute Gasteiger partial charge is 0.496 e. The SMILES string of the molecule is COc1ccc(-c2nc(NN)cc(C(C)C)n2)cc1C. The van der Waals surface area contributed by atoms with Crippen molar-refractivity contribution in [2.45, 2.75) is 26.7 Å². The Morgan fingerprint density at radius 2 is 1.95 bits per heavy atom. The van der Waals surface area contributed by atoms with E-state index in [9.17, 15) is 0 Å². The van der Waals surface area contributed by atoms with E-state index in [2.05, 4.69) is 29.2 Å². The van der Waals surface area contributed by atoms with E-state index in [0.717, 1.165) is 22.6 Å². The molecule has 0 atom stereocenters. The van der Waals surface area contributed by atoms with Crippen molar-refractivity contribution in [1.29, 1.82) is 0 Å². The lowest BCUT2D eigenvalue weighted by atomic mass is 10.1. The molecule has 0 saturated heterocycles.